The van der Waals surface area contributed by atoms with Gasteiger partial charge in [0.1, 0.15) is 22.7 Å². The normalized spacial score (nSPS) is 15.2. The molecule has 33 heavy (non-hydrogen) atoms. The number of aromatic amines is 1. The molecule has 0 amide bonds. The van der Waals surface area contributed by atoms with Gasteiger partial charge in [0.25, 0.3) is 5.56 Å². The van der Waals surface area contributed by atoms with Gasteiger partial charge < -0.3 is 4.98 Å². The summed E-state index contributed by atoms with van der Waals surface area (Å²) >= 11 is 0. The largest absolute Gasteiger partial charge is 0.433 e. The Morgan fingerprint density at radius 1 is 1.15 bits per heavy atom. The molecule has 1 atom stereocenters. The van der Waals surface area contributed by atoms with E-state index in [9.17, 15) is 22.4 Å². The van der Waals surface area contributed by atoms with Gasteiger partial charge in [-0.15, -0.1) is 0 Å². The number of hydrogen-bond donors (Lipinski definition) is 1. The molecule has 1 aliphatic carbocycles. The number of nitrogens with zero attached hydrogens (tertiary/aromatic N) is 5. The van der Waals surface area contributed by atoms with Gasteiger partial charge in [0.15, 0.2) is 5.65 Å². The van der Waals surface area contributed by atoms with Crippen molar-refractivity contribution in [1.29, 1.82) is 0 Å². The van der Waals surface area contributed by atoms with Crippen molar-refractivity contribution >= 4 is 11.0 Å². The summed E-state index contributed by atoms with van der Waals surface area (Å²) in [6.07, 6.45) is -0.301. The van der Waals surface area contributed by atoms with Crippen molar-refractivity contribution in [3.63, 3.8) is 0 Å². The lowest BCUT2D eigenvalue weighted by Crippen LogP contribution is -2.16. The summed E-state index contributed by atoms with van der Waals surface area (Å²) in [6.45, 7) is 1.76. The molecule has 4 heterocycles. The average molecular weight is 458 g/mol. The van der Waals surface area contributed by atoms with Crippen LogP contribution in [-0.4, -0.2) is 29.7 Å². The number of fused-ring (bicyclic) bond motifs is 1. The predicted molar refractivity (Wildman–Crippen MR) is 110 cm³/mol. The highest BCUT2D eigenvalue weighted by molar-refractivity contribution is 5.78. The minimum absolute atomic E-state index is 0.152. The number of H-pyrrole nitrogens is 1. The van der Waals surface area contributed by atoms with Gasteiger partial charge in [0.2, 0.25) is 0 Å². The zero-order valence-corrected chi connectivity index (χ0v) is 17.4. The van der Waals surface area contributed by atoms with Crippen LogP contribution in [0.1, 0.15) is 60.2 Å². The number of alkyl halides is 3. The van der Waals surface area contributed by atoms with E-state index in [-0.39, 0.29) is 17.9 Å². The van der Waals surface area contributed by atoms with Gasteiger partial charge in [-0.2, -0.15) is 18.3 Å². The van der Waals surface area contributed by atoms with E-state index in [0.29, 0.717) is 33.8 Å². The third-order valence-corrected chi connectivity index (χ3v) is 5.67. The molecule has 4 aromatic rings. The van der Waals surface area contributed by atoms with E-state index >= 15 is 0 Å². The molecule has 0 unspecified atom stereocenters. The molecule has 5 rings (SSSR count). The molecule has 0 radical (unpaired) electrons. The maximum atomic E-state index is 13.2. The summed E-state index contributed by atoms with van der Waals surface area (Å²) in [4.78, 5) is 27.9. The van der Waals surface area contributed by atoms with Crippen molar-refractivity contribution in [3.05, 3.63) is 81.3 Å². The Balaban J connectivity index is 1.58. The molecular formula is C22H18F4N6O. The standard InChI is InChI=1S/C22H18F4N6O/c1-11(13-4-7-16(28-9-13)22(24,25)26)32-20-18(19(31-32)12-2-3-12)21(33)30-17(29-20)8-15-6-5-14(23)10-27-15/h4-7,9-12H,2-3,8H2,1H3,(H,29,30,33)/t11-/m0/s1. The van der Waals surface area contributed by atoms with E-state index in [2.05, 4.69) is 25.0 Å². The van der Waals surface area contributed by atoms with E-state index in [1.807, 2.05) is 0 Å². The minimum Gasteiger partial charge on any atom is -0.310 e. The van der Waals surface area contributed by atoms with Crippen molar-refractivity contribution in [3.8, 4) is 0 Å². The lowest BCUT2D eigenvalue weighted by molar-refractivity contribution is -0.141. The van der Waals surface area contributed by atoms with Crippen LogP contribution < -0.4 is 5.56 Å². The molecule has 0 aliphatic heterocycles. The Bertz CT molecular complexity index is 1370. The second-order valence-electron chi connectivity index (χ2n) is 8.11. The number of halogens is 4. The molecular weight excluding hydrogens is 440 g/mol. The van der Waals surface area contributed by atoms with Crippen molar-refractivity contribution in [1.82, 2.24) is 29.7 Å². The van der Waals surface area contributed by atoms with Gasteiger partial charge in [-0.3, -0.25) is 14.8 Å². The van der Waals surface area contributed by atoms with Crippen LogP contribution in [0.5, 0.6) is 0 Å². The second kappa shape index (κ2) is 7.75. The van der Waals surface area contributed by atoms with Crippen LogP contribution in [0.2, 0.25) is 0 Å². The van der Waals surface area contributed by atoms with Crippen LogP contribution in [0.3, 0.4) is 0 Å². The highest BCUT2D eigenvalue weighted by Crippen LogP contribution is 2.42. The molecule has 1 aliphatic rings. The monoisotopic (exact) mass is 458 g/mol. The minimum atomic E-state index is -4.53. The molecule has 1 fully saturated rings. The zero-order chi connectivity index (χ0) is 23.3. The maximum absolute atomic E-state index is 13.2. The molecule has 0 bridgehead atoms. The fraction of sp³-hybridized carbons (Fsp3) is 0.318. The number of hydrogen-bond acceptors (Lipinski definition) is 5. The fourth-order valence-corrected chi connectivity index (χ4v) is 3.76. The molecule has 170 valence electrons. The maximum Gasteiger partial charge on any atom is 0.433 e. The van der Waals surface area contributed by atoms with Crippen LogP contribution in [-0.2, 0) is 12.6 Å². The molecule has 1 N–H and O–H groups in total. The third-order valence-electron chi connectivity index (χ3n) is 5.67. The van der Waals surface area contributed by atoms with E-state index in [1.165, 1.54) is 18.2 Å². The second-order valence-corrected chi connectivity index (χ2v) is 8.11. The topological polar surface area (TPSA) is 89.4 Å². The molecule has 11 heteroatoms. The number of nitrogens with one attached hydrogen (secondary N) is 1. The first-order valence-electron chi connectivity index (χ1n) is 10.4. The molecule has 0 aromatic carbocycles. The van der Waals surface area contributed by atoms with Gasteiger partial charge in [0, 0.05) is 24.2 Å². The van der Waals surface area contributed by atoms with Crippen LogP contribution in [0.4, 0.5) is 17.6 Å². The van der Waals surface area contributed by atoms with Gasteiger partial charge in [0.05, 0.1) is 17.9 Å². The summed E-state index contributed by atoms with van der Waals surface area (Å²) < 4.78 is 53.4. The van der Waals surface area contributed by atoms with Crippen molar-refractivity contribution in [2.45, 2.75) is 44.3 Å². The first kappa shape index (κ1) is 21.2. The summed E-state index contributed by atoms with van der Waals surface area (Å²) in [7, 11) is 0. The van der Waals surface area contributed by atoms with Gasteiger partial charge >= 0.3 is 6.18 Å². The van der Waals surface area contributed by atoms with Crippen LogP contribution >= 0.6 is 0 Å². The van der Waals surface area contributed by atoms with Crippen LogP contribution in [0, 0.1) is 5.82 Å². The highest BCUT2D eigenvalue weighted by atomic mass is 19.4. The number of aromatic nitrogens is 6. The van der Waals surface area contributed by atoms with E-state index < -0.39 is 23.7 Å². The molecule has 4 aromatic heterocycles. The van der Waals surface area contributed by atoms with E-state index in [4.69, 9.17) is 0 Å². The lowest BCUT2D eigenvalue weighted by Gasteiger charge is -2.14. The molecule has 7 nitrogen and oxygen atoms in total. The summed E-state index contributed by atoms with van der Waals surface area (Å²) in [5.74, 6) is 0.00817. The quantitative estimate of drug-likeness (QED) is 0.454. The number of pyridine rings is 2. The first-order valence-corrected chi connectivity index (χ1v) is 10.4. The zero-order valence-electron chi connectivity index (χ0n) is 17.4. The van der Waals surface area contributed by atoms with Crippen molar-refractivity contribution in [2.24, 2.45) is 0 Å². The first-order chi connectivity index (χ1) is 15.7. The Labute approximate surface area is 184 Å². The molecule has 1 saturated carbocycles. The number of rotatable bonds is 5. The SMILES string of the molecule is C[C@@H](c1ccc(C(F)(F)F)nc1)n1nc(C2CC2)c2c(=O)[nH]c(Cc3ccc(F)cn3)nc21. The Kier molecular flexibility index (Phi) is 4.98. The average Bonchev–Trinajstić information content (AvgIpc) is 3.55. The Morgan fingerprint density at radius 3 is 2.55 bits per heavy atom. The highest BCUT2D eigenvalue weighted by Gasteiger charge is 2.34. The predicted octanol–water partition coefficient (Wildman–Crippen LogP) is 4.15. The van der Waals surface area contributed by atoms with Crippen LogP contribution in [0.25, 0.3) is 11.0 Å². The smallest absolute Gasteiger partial charge is 0.310 e. The fourth-order valence-electron chi connectivity index (χ4n) is 3.76. The molecule has 0 spiro atoms. The lowest BCUT2D eigenvalue weighted by atomic mass is 10.1. The van der Waals surface area contributed by atoms with Crippen LogP contribution in [0.15, 0.2) is 41.5 Å². The summed E-state index contributed by atoms with van der Waals surface area (Å²) in [5.41, 5.74) is 0.669. The van der Waals surface area contributed by atoms with Gasteiger partial charge in [-0.05, 0) is 43.5 Å². The van der Waals surface area contributed by atoms with Gasteiger partial charge in [-0.1, -0.05) is 6.07 Å². The van der Waals surface area contributed by atoms with E-state index in [1.54, 1.807) is 11.6 Å². The molecule has 0 saturated heterocycles. The summed E-state index contributed by atoms with van der Waals surface area (Å²) in [5, 5.41) is 5.01. The Morgan fingerprint density at radius 2 is 1.94 bits per heavy atom. The van der Waals surface area contributed by atoms with Gasteiger partial charge in [-0.25, -0.2) is 14.1 Å². The third kappa shape index (κ3) is 4.10. The van der Waals surface area contributed by atoms with E-state index in [0.717, 1.165) is 31.3 Å². The summed E-state index contributed by atoms with van der Waals surface area (Å²) in [6, 6.07) is 4.53. The van der Waals surface area contributed by atoms with Crippen molar-refractivity contribution in [2.75, 3.05) is 0 Å². The van der Waals surface area contributed by atoms with Crippen molar-refractivity contribution < 1.29 is 17.6 Å². The Hall–Kier alpha value is -3.63.